The first-order valence-corrected chi connectivity index (χ1v) is 6.84. The van der Waals surface area contributed by atoms with Crippen molar-refractivity contribution in [3.63, 3.8) is 0 Å². The number of fused-ring (bicyclic) bond motifs is 3. The molecule has 0 bridgehead atoms. The number of benzene rings is 2. The van der Waals surface area contributed by atoms with Gasteiger partial charge in [0.05, 0.1) is 5.92 Å². The topological polar surface area (TPSA) is 50.4 Å². The van der Waals surface area contributed by atoms with E-state index >= 15 is 0 Å². The van der Waals surface area contributed by atoms with Crippen molar-refractivity contribution in [2.45, 2.75) is 25.7 Å². The van der Waals surface area contributed by atoms with Gasteiger partial charge < -0.3 is 9.52 Å². The molecule has 0 saturated heterocycles. The maximum Gasteiger partial charge on any atom is 0.310 e. The van der Waals surface area contributed by atoms with Crippen molar-refractivity contribution in [1.82, 2.24) is 0 Å². The zero-order valence-corrected chi connectivity index (χ0v) is 11.3. The SMILES string of the molecule is CCCC(C(=O)O)c1ccc2oc3ccccc3c2c1. The second kappa shape index (κ2) is 5.00. The number of rotatable bonds is 4. The van der Waals surface area contributed by atoms with E-state index in [0.717, 1.165) is 33.9 Å². The van der Waals surface area contributed by atoms with E-state index in [2.05, 4.69) is 0 Å². The number of hydrogen-bond donors (Lipinski definition) is 1. The van der Waals surface area contributed by atoms with Crippen molar-refractivity contribution < 1.29 is 14.3 Å². The summed E-state index contributed by atoms with van der Waals surface area (Å²) in [7, 11) is 0. The van der Waals surface area contributed by atoms with Crippen LogP contribution in [0.4, 0.5) is 0 Å². The van der Waals surface area contributed by atoms with Gasteiger partial charge in [-0.1, -0.05) is 37.6 Å². The van der Waals surface area contributed by atoms with Crippen LogP contribution in [-0.4, -0.2) is 11.1 Å². The molecule has 3 heteroatoms. The molecule has 0 aliphatic rings. The summed E-state index contributed by atoms with van der Waals surface area (Å²) in [6.45, 7) is 2.00. The summed E-state index contributed by atoms with van der Waals surface area (Å²) in [6.07, 6.45) is 1.50. The van der Waals surface area contributed by atoms with Crippen molar-refractivity contribution in [2.24, 2.45) is 0 Å². The fourth-order valence-corrected chi connectivity index (χ4v) is 2.68. The van der Waals surface area contributed by atoms with Crippen LogP contribution in [0.3, 0.4) is 0 Å². The largest absolute Gasteiger partial charge is 0.481 e. The van der Waals surface area contributed by atoms with Crippen LogP contribution in [0.25, 0.3) is 21.9 Å². The first-order chi connectivity index (χ1) is 9.70. The third-order valence-electron chi connectivity index (χ3n) is 3.68. The van der Waals surface area contributed by atoms with E-state index in [4.69, 9.17) is 4.42 Å². The highest BCUT2D eigenvalue weighted by molar-refractivity contribution is 6.05. The van der Waals surface area contributed by atoms with Gasteiger partial charge in [0.2, 0.25) is 0 Å². The smallest absolute Gasteiger partial charge is 0.310 e. The predicted octanol–water partition coefficient (Wildman–Crippen LogP) is 4.55. The van der Waals surface area contributed by atoms with Gasteiger partial charge in [0, 0.05) is 10.8 Å². The van der Waals surface area contributed by atoms with Crippen molar-refractivity contribution in [1.29, 1.82) is 0 Å². The summed E-state index contributed by atoms with van der Waals surface area (Å²) >= 11 is 0. The first kappa shape index (κ1) is 12.7. The lowest BCUT2D eigenvalue weighted by Crippen LogP contribution is -2.11. The Labute approximate surface area is 116 Å². The van der Waals surface area contributed by atoms with Crippen LogP contribution in [0.5, 0.6) is 0 Å². The molecule has 1 heterocycles. The van der Waals surface area contributed by atoms with Crippen molar-refractivity contribution in [3.05, 3.63) is 48.0 Å². The number of hydrogen-bond acceptors (Lipinski definition) is 2. The molecule has 20 heavy (non-hydrogen) atoms. The Bertz CT molecular complexity index is 770. The lowest BCUT2D eigenvalue weighted by atomic mass is 9.93. The molecule has 2 aromatic carbocycles. The maximum absolute atomic E-state index is 11.4. The average Bonchev–Trinajstić information content (AvgIpc) is 2.82. The van der Waals surface area contributed by atoms with Gasteiger partial charge in [-0.15, -0.1) is 0 Å². The lowest BCUT2D eigenvalue weighted by Gasteiger charge is -2.11. The molecule has 1 unspecified atom stereocenters. The van der Waals surface area contributed by atoms with Gasteiger partial charge in [0.1, 0.15) is 11.2 Å². The summed E-state index contributed by atoms with van der Waals surface area (Å²) in [4.78, 5) is 11.4. The average molecular weight is 268 g/mol. The van der Waals surface area contributed by atoms with E-state index in [1.807, 2.05) is 49.4 Å². The van der Waals surface area contributed by atoms with E-state index in [0.29, 0.717) is 6.42 Å². The third kappa shape index (κ3) is 2.05. The molecular formula is C17H16O3. The van der Waals surface area contributed by atoms with Crippen LogP contribution in [0, 0.1) is 0 Å². The molecule has 102 valence electrons. The summed E-state index contributed by atoms with van der Waals surface area (Å²) in [5.41, 5.74) is 2.48. The van der Waals surface area contributed by atoms with Crippen molar-refractivity contribution in [3.8, 4) is 0 Å². The lowest BCUT2D eigenvalue weighted by molar-refractivity contribution is -0.139. The first-order valence-electron chi connectivity index (χ1n) is 6.84. The van der Waals surface area contributed by atoms with Gasteiger partial charge in [-0.2, -0.15) is 0 Å². The molecule has 0 aliphatic carbocycles. The van der Waals surface area contributed by atoms with Crippen LogP contribution in [0.2, 0.25) is 0 Å². The minimum Gasteiger partial charge on any atom is -0.481 e. The highest BCUT2D eigenvalue weighted by atomic mass is 16.4. The number of furan rings is 1. The Morgan fingerprint density at radius 3 is 2.65 bits per heavy atom. The molecule has 3 nitrogen and oxygen atoms in total. The molecule has 1 aromatic heterocycles. The Hall–Kier alpha value is -2.29. The number of carbonyl (C=O) groups is 1. The van der Waals surface area contributed by atoms with E-state index < -0.39 is 11.9 Å². The van der Waals surface area contributed by atoms with Gasteiger partial charge in [0.25, 0.3) is 0 Å². The highest BCUT2D eigenvalue weighted by Gasteiger charge is 2.20. The predicted molar refractivity (Wildman–Crippen MR) is 79.0 cm³/mol. The van der Waals surface area contributed by atoms with Crippen LogP contribution in [0.1, 0.15) is 31.2 Å². The normalized spacial score (nSPS) is 12.8. The molecule has 0 spiro atoms. The Morgan fingerprint density at radius 2 is 1.90 bits per heavy atom. The standard InChI is InChI=1S/C17H16O3/c1-2-5-12(17(18)19)11-8-9-16-14(10-11)13-6-3-4-7-15(13)20-16/h3-4,6-10,12H,2,5H2,1H3,(H,18,19). The molecule has 0 radical (unpaired) electrons. The van der Waals surface area contributed by atoms with Crippen LogP contribution < -0.4 is 0 Å². The van der Waals surface area contributed by atoms with Gasteiger partial charge in [-0.3, -0.25) is 4.79 Å². The van der Waals surface area contributed by atoms with E-state index in [1.165, 1.54) is 0 Å². The van der Waals surface area contributed by atoms with Gasteiger partial charge in [-0.25, -0.2) is 0 Å². The molecule has 0 fully saturated rings. The van der Waals surface area contributed by atoms with Crippen LogP contribution in [0.15, 0.2) is 46.9 Å². The summed E-state index contributed by atoms with van der Waals surface area (Å²) in [6, 6.07) is 13.5. The summed E-state index contributed by atoms with van der Waals surface area (Å²) in [5, 5.41) is 11.4. The molecule has 3 aromatic rings. The zero-order chi connectivity index (χ0) is 14.1. The fraction of sp³-hybridized carbons (Fsp3) is 0.235. The van der Waals surface area contributed by atoms with Crippen LogP contribution in [-0.2, 0) is 4.79 Å². The highest BCUT2D eigenvalue weighted by Crippen LogP contribution is 2.32. The van der Waals surface area contributed by atoms with E-state index in [-0.39, 0.29) is 0 Å². The van der Waals surface area contributed by atoms with Crippen molar-refractivity contribution >= 4 is 27.9 Å². The molecule has 1 atom stereocenters. The number of carboxylic acid groups (broad SMARTS) is 1. The molecule has 0 amide bonds. The van der Waals surface area contributed by atoms with E-state index in [9.17, 15) is 9.90 Å². The summed E-state index contributed by atoms with van der Waals surface area (Å²) < 4.78 is 5.76. The number of aliphatic carboxylic acids is 1. The van der Waals surface area contributed by atoms with Crippen molar-refractivity contribution in [2.75, 3.05) is 0 Å². The molecule has 0 aliphatic heterocycles. The second-order valence-corrected chi connectivity index (χ2v) is 5.03. The number of para-hydroxylation sites is 1. The fourth-order valence-electron chi connectivity index (χ4n) is 2.68. The second-order valence-electron chi connectivity index (χ2n) is 5.03. The third-order valence-corrected chi connectivity index (χ3v) is 3.68. The van der Waals surface area contributed by atoms with Gasteiger partial charge in [0.15, 0.2) is 0 Å². The quantitative estimate of drug-likeness (QED) is 0.755. The monoisotopic (exact) mass is 268 g/mol. The Balaban J connectivity index is 2.18. The Kier molecular flexibility index (Phi) is 3.18. The van der Waals surface area contributed by atoms with E-state index in [1.54, 1.807) is 0 Å². The Morgan fingerprint density at radius 1 is 1.15 bits per heavy atom. The number of carboxylic acids is 1. The molecule has 1 N–H and O–H groups in total. The molecule has 3 rings (SSSR count). The minimum absolute atomic E-state index is 0.446. The van der Waals surface area contributed by atoms with Gasteiger partial charge >= 0.3 is 5.97 Å². The van der Waals surface area contributed by atoms with Crippen LogP contribution >= 0.6 is 0 Å². The molecule has 0 saturated carbocycles. The maximum atomic E-state index is 11.4. The summed E-state index contributed by atoms with van der Waals surface area (Å²) in [5.74, 6) is -1.21. The minimum atomic E-state index is -0.765. The molecular weight excluding hydrogens is 252 g/mol. The zero-order valence-electron chi connectivity index (χ0n) is 11.3. The van der Waals surface area contributed by atoms with Gasteiger partial charge in [-0.05, 0) is 30.2 Å².